The highest BCUT2D eigenvalue weighted by atomic mass is 14.3. The third-order valence-electron chi connectivity index (χ3n) is 3.82. The van der Waals surface area contributed by atoms with Crippen LogP contribution in [0.2, 0.25) is 0 Å². The average Bonchev–Trinajstić information content (AvgIpc) is 2.11. The predicted octanol–water partition coefficient (Wildman–Crippen LogP) is 6.30. The summed E-state index contributed by atoms with van der Waals surface area (Å²) in [6, 6.07) is 0. The van der Waals surface area contributed by atoms with E-state index < -0.39 is 0 Å². The summed E-state index contributed by atoms with van der Waals surface area (Å²) in [5.41, 5.74) is 0.964. The van der Waals surface area contributed by atoms with Crippen molar-refractivity contribution >= 4 is 0 Å². The fraction of sp³-hybridized carbons (Fsp3) is 1.00. The van der Waals surface area contributed by atoms with Gasteiger partial charge in [-0.25, -0.2) is 0 Å². The third kappa shape index (κ3) is 9.68. The van der Waals surface area contributed by atoms with Crippen molar-refractivity contribution < 1.29 is 0 Å². The van der Waals surface area contributed by atoms with Crippen LogP contribution >= 0.6 is 0 Å². The second-order valence-electron chi connectivity index (χ2n) is 8.29. The quantitative estimate of drug-likeness (QED) is 0.490. The maximum Gasteiger partial charge on any atom is -0.0349 e. The highest BCUT2D eigenvalue weighted by molar-refractivity contribution is 4.77. The predicted molar refractivity (Wildman–Crippen MR) is 80.3 cm³/mol. The molecule has 0 aliphatic heterocycles. The van der Waals surface area contributed by atoms with Gasteiger partial charge in [0.2, 0.25) is 0 Å². The normalized spacial score (nSPS) is 16.9. The Morgan fingerprint density at radius 2 is 1.41 bits per heavy atom. The minimum atomic E-state index is 0.462. The number of hydrogen-bond acceptors (Lipinski definition) is 0. The fourth-order valence-electron chi connectivity index (χ4n) is 3.13. The molecular formula is C17H36. The summed E-state index contributed by atoms with van der Waals surface area (Å²) in [6.07, 6.45) is 6.84. The first-order chi connectivity index (χ1) is 7.56. The van der Waals surface area contributed by atoms with Crippen molar-refractivity contribution in [3.63, 3.8) is 0 Å². The summed E-state index contributed by atoms with van der Waals surface area (Å²) in [4.78, 5) is 0. The Bertz CT molecular complexity index is 195. The molecule has 0 heterocycles. The van der Waals surface area contributed by atoms with E-state index in [0.29, 0.717) is 10.8 Å². The molecule has 0 spiro atoms. The lowest BCUT2D eigenvalue weighted by Crippen LogP contribution is -2.21. The average molecular weight is 240 g/mol. The molecule has 0 saturated carbocycles. The Labute approximate surface area is 111 Å². The molecule has 2 atom stereocenters. The van der Waals surface area contributed by atoms with Gasteiger partial charge in [-0.2, -0.15) is 0 Å². The van der Waals surface area contributed by atoms with Gasteiger partial charge in [0.15, 0.2) is 0 Å². The molecule has 0 aromatic carbocycles. The zero-order valence-electron chi connectivity index (χ0n) is 13.7. The second-order valence-corrected chi connectivity index (χ2v) is 8.29. The van der Waals surface area contributed by atoms with Crippen molar-refractivity contribution in [2.75, 3.05) is 0 Å². The van der Waals surface area contributed by atoms with Crippen LogP contribution in [-0.2, 0) is 0 Å². The topological polar surface area (TPSA) is 0 Å². The van der Waals surface area contributed by atoms with E-state index in [1.807, 2.05) is 0 Å². The number of hydrogen-bond donors (Lipinski definition) is 0. The molecule has 0 N–H and O–H groups in total. The minimum absolute atomic E-state index is 0.462. The first-order valence-corrected chi connectivity index (χ1v) is 7.56. The van der Waals surface area contributed by atoms with Crippen LogP contribution in [0, 0.1) is 22.7 Å². The Hall–Kier alpha value is 0. The van der Waals surface area contributed by atoms with Crippen LogP contribution in [0.4, 0.5) is 0 Å². The van der Waals surface area contributed by atoms with E-state index in [4.69, 9.17) is 0 Å². The van der Waals surface area contributed by atoms with Crippen molar-refractivity contribution in [1.29, 1.82) is 0 Å². The van der Waals surface area contributed by atoms with E-state index in [-0.39, 0.29) is 0 Å². The van der Waals surface area contributed by atoms with Gasteiger partial charge in [-0.05, 0) is 41.9 Å². The van der Waals surface area contributed by atoms with E-state index in [2.05, 4.69) is 55.4 Å². The first-order valence-electron chi connectivity index (χ1n) is 7.56. The summed E-state index contributed by atoms with van der Waals surface area (Å²) in [5.74, 6) is 1.79. The van der Waals surface area contributed by atoms with Crippen LogP contribution in [0.5, 0.6) is 0 Å². The van der Waals surface area contributed by atoms with E-state index in [1.54, 1.807) is 0 Å². The Balaban J connectivity index is 4.00. The fourth-order valence-corrected chi connectivity index (χ4v) is 3.13. The van der Waals surface area contributed by atoms with Crippen LogP contribution in [0.25, 0.3) is 0 Å². The van der Waals surface area contributed by atoms with E-state index in [1.165, 1.54) is 32.1 Å². The highest BCUT2D eigenvalue weighted by Gasteiger charge is 2.25. The van der Waals surface area contributed by atoms with Gasteiger partial charge in [-0.1, -0.05) is 68.2 Å². The summed E-state index contributed by atoms with van der Waals surface area (Å²) >= 11 is 0. The SMILES string of the molecule is CCC(C)CC(C)CCC(C)(C)CC(C)(C)C. The van der Waals surface area contributed by atoms with Crippen molar-refractivity contribution in [2.45, 2.75) is 87.5 Å². The van der Waals surface area contributed by atoms with Gasteiger partial charge in [-0.3, -0.25) is 0 Å². The van der Waals surface area contributed by atoms with Gasteiger partial charge in [0.05, 0.1) is 0 Å². The number of rotatable bonds is 7. The lowest BCUT2D eigenvalue weighted by atomic mass is 9.72. The van der Waals surface area contributed by atoms with E-state index >= 15 is 0 Å². The molecule has 0 heteroatoms. The van der Waals surface area contributed by atoms with E-state index in [0.717, 1.165) is 11.8 Å². The molecule has 0 aliphatic rings. The highest BCUT2D eigenvalue weighted by Crippen LogP contribution is 2.38. The van der Waals surface area contributed by atoms with Crippen LogP contribution < -0.4 is 0 Å². The monoisotopic (exact) mass is 240 g/mol. The van der Waals surface area contributed by atoms with Crippen LogP contribution in [0.15, 0.2) is 0 Å². The summed E-state index contributed by atoms with van der Waals surface area (Å²) in [7, 11) is 0. The van der Waals surface area contributed by atoms with Gasteiger partial charge in [-0.15, -0.1) is 0 Å². The largest absolute Gasteiger partial charge is 0.0651 e. The van der Waals surface area contributed by atoms with Crippen LogP contribution in [0.1, 0.15) is 87.5 Å². The maximum absolute atomic E-state index is 2.44. The molecule has 2 unspecified atom stereocenters. The first kappa shape index (κ1) is 17.0. The zero-order chi connectivity index (χ0) is 13.7. The summed E-state index contributed by atoms with van der Waals surface area (Å²) in [6.45, 7) is 19.1. The van der Waals surface area contributed by atoms with Crippen LogP contribution in [0.3, 0.4) is 0 Å². The van der Waals surface area contributed by atoms with Crippen molar-refractivity contribution in [1.82, 2.24) is 0 Å². The van der Waals surface area contributed by atoms with Gasteiger partial charge in [0.1, 0.15) is 0 Å². The summed E-state index contributed by atoms with van der Waals surface area (Å²) < 4.78 is 0. The third-order valence-corrected chi connectivity index (χ3v) is 3.82. The molecule has 0 aromatic rings. The lowest BCUT2D eigenvalue weighted by molar-refractivity contribution is 0.183. The molecule has 0 amide bonds. The van der Waals surface area contributed by atoms with Crippen LogP contribution in [-0.4, -0.2) is 0 Å². The van der Waals surface area contributed by atoms with Gasteiger partial charge in [0, 0.05) is 0 Å². The Morgan fingerprint density at radius 3 is 1.82 bits per heavy atom. The maximum atomic E-state index is 2.44. The molecule has 0 saturated heterocycles. The molecule has 0 aromatic heterocycles. The van der Waals surface area contributed by atoms with Gasteiger partial charge >= 0.3 is 0 Å². The molecule has 0 bridgehead atoms. The van der Waals surface area contributed by atoms with E-state index in [9.17, 15) is 0 Å². The lowest BCUT2D eigenvalue weighted by Gasteiger charge is -2.33. The molecule has 17 heavy (non-hydrogen) atoms. The zero-order valence-corrected chi connectivity index (χ0v) is 13.7. The van der Waals surface area contributed by atoms with Gasteiger partial charge < -0.3 is 0 Å². The molecule has 104 valence electrons. The molecule has 0 aliphatic carbocycles. The van der Waals surface area contributed by atoms with Crippen molar-refractivity contribution in [3.05, 3.63) is 0 Å². The smallest absolute Gasteiger partial charge is 0.0349 e. The van der Waals surface area contributed by atoms with Gasteiger partial charge in [0.25, 0.3) is 0 Å². The van der Waals surface area contributed by atoms with Crippen molar-refractivity contribution in [3.8, 4) is 0 Å². The molecule has 0 rings (SSSR count). The molecular weight excluding hydrogens is 204 g/mol. The summed E-state index contributed by atoms with van der Waals surface area (Å²) in [5, 5.41) is 0. The Kier molecular flexibility index (Phi) is 6.81. The van der Waals surface area contributed by atoms with Crippen molar-refractivity contribution in [2.24, 2.45) is 22.7 Å². The standard InChI is InChI=1S/C17H36/c1-9-14(2)12-15(3)10-11-17(7,8)13-16(4,5)6/h14-15H,9-13H2,1-8H3. The Morgan fingerprint density at radius 1 is 0.882 bits per heavy atom. The molecule has 0 nitrogen and oxygen atoms in total. The molecule has 0 fully saturated rings. The molecule has 0 radical (unpaired) electrons. The minimum Gasteiger partial charge on any atom is -0.0651 e. The second kappa shape index (κ2) is 6.81.